The summed E-state index contributed by atoms with van der Waals surface area (Å²) < 4.78 is 0. The van der Waals surface area contributed by atoms with Crippen LogP contribution in [0.3, 0.4) is 0 Å². The van der Waals surface area contributed by atoms with Gasteiger partial charge in [0.2, 0.25) is 0 Å². The maximum absolute atomic E-state index is 11.0. The lowest BCUT2D eigenvalue weighted by atomic mass is 9.95. The summed E-state index contributed by atoms with van der Waals surface area (Å²) in [6, 6.07) is 3.15. The molecular formula is C12H17NO4S. The smallest absolute Gasteiger partial charge is 0.275 e. The number of nitrogens with zero attached hydrogens (tertiary/aromatic N) is 1. The van der Waals surface area contributed by atoms with Gasteiger partial charge in [-0.2, -0.15) is 12.6 Å². The number of nitro groups is 1. The van der Waals surface area contributed by atoms with Gasteiger partial charge >= 0.3 is 0 Å². The SMILES string of the molecule is Cc1cc(C)c(C(O)C(O)CCS)c([N+](=O)[O-])c1. The minimum Gasteiger partial charge on any atom is -0.390 e. The fraction of sp³-hybridized carbons (Fsp3) is 0.500. The summed E-state index contributed by atoms with van der Waals surface area (Å²) >= 11 is 3.97. The van der Waals surface area contributed by atoms with Crippen LogP contribution in [-0.4, -0.2) is 27.0 Å². The molecule has 0 fully saturated rings. The molecule has 0 aliphatic heterocycles. The molecule has 18 heavy (non-hydrogen) atoms. The topological polar surface area (TPSA) is 83.6 Å². The minimum atomic E-state index is -1.27. The molecule has 0 aliphatic carbocycles. The molecule has 2 N–H and O–H groups in total. The van der Waals surface area contributed by atoms with Crippen LogP contribution in [0.1, 0.15) is 29.2 Å². The molecule has 6 heteroatoms. The van der Waals surface area contributed by atoms with Crippen LogP contribution in [0, 0.1) is 24.0 Å². The van der Waals surface area contributed by atoms with Crippen LogP contribution in [0.15, 0.2) is 12.1 Å². The van der Waals surface area contributed by atoms with Crippen molar-refractivity contribution in [2.75, 3.05) is 5.75 Å². The van der Waals surface area contributed by atoms with E-state index in [-0.39, 0.29) is 17.7 Å². The molecule has 0 aliphatic rings. The van der Waals surface area contributed by atoms with Gasteiger partial charge in [-0.3, -0.25) is 10.1 Å². The van der Waals surface area contributed by atoms with E-state index in [0.717, 1.165) is 5.56 Å². The zero-order chi connectivity index (χ0) is 13.9. The molecule has 2 atom stereocenters. The Hall–Kier alpha value is -1.11. The highest BCUT2D eigenvalue weighted by atomic mass is 32.1. The summed E-state index contributed by atoms with van der Waals surface area (Å²) in [4.78, 5) is 10.5. The van der Waals surface area contributed by atoms with Gasteiger partial charge < -0.3 is 10.2 Å². The molecule has 100 valence electrons. The predicted octanol–water partition coefficient (Wildman–Crippen LogP) is 1.93. The molecule has 0 amide bonds. The molecule has 1 aromatic carbocycles. The Bertz CT molecular complexity index is 450. The highest BCUT2D eigenvalue weighted by Crippen LogP contribution is 2.32. The van der Waals surface area contributed by atoms with Gasteiger partial charge in [0.1, 0.15) is 6.10 Å². The van der Waals surface area contributed by atoms with E-state index in [0.29, 0.717) is 11.3 Å². The number of rotatable bonds is 5. The van der Waals surface area contributed by atoms with E-state index in [4.69, 9.17) is 0 Å². The normalized spacial score (nSPS) is 14.3. The fourth-order valence-corrected chi connectivity index (χ4v) is 2.24. The molecule has 0 radical (unpaired) electrons. The molecule has 0 spiro atoms. The first-order valence-electron chi connectivity index (χ1n) is 5.61. The molecule has 2 unspecified atom stereocenters. The third kappa shape index (κ3) is 3.22. The maximum Gasteiger partial charge on any atom is 0.275 e. The first-order valence-corrected chi connectivity index (χ1v) is 6.24. The van der Waals surface area contributed by atoms with Gasteiger partial charge in [-0.15, -0.1) is 0 Å². The second kappa shape index (κ2) is 6.17. The summed E-state index contributed by atoms with van der Waals surface area (Å²) in [6.07, 6.45) is -2.05. The van der Waals surface area contributed by atoms with Gasteiger partial charge in [0.05, 0.1) is 16.6 Å². The van der Waals surface area contributed by atoms with Crippen molar-refractivity contribution in [2.45, 2.75) is 32.5 Å². The highest BCUT2D eigenvalue weighted by Gasteiger charge is 2.28. The van der Waals surface area contributed by atoms with Gasteiger partial charge in [-0.25, -0.2) is 0 Å². The van der Waals surface area contributed by atoms with Crippen molar-refractivity contribution in [1.82, 2.24) is 0 Å². The number of nitro benzene ring substituents is 1. The molecule has 0 saturated heterocycles. The summed E-state index contributed by atoms with van der Waals surface area (Å²) in [5.41, 5.74) is 1.38. The van der Waals surface area contributed by atoms with Crippen LogP contribution < -0.4 is 0 Å². The van der Waals surface area contributed by atoms with E-state index < -0.39 is 17.1 Å². The Kier molecular flexibility index (Phi) is 5.13. The van der Waals surface area contributed by atoms with Crippen molar-refractivity contribution < 1.29 is 15.1 Å². The predicted molar refractivity (Wildman–Crippen MR) is 72.0 cm³/mol. The van der Waals surface area contributed by atoms with E-state index in [9.17, 15) is 20.3 Å². The molecule has 0 bridgehead atoms. The van der Waals surface area contributed by atoms with Crippen molar-refractivity contribution in [3.63, 3.8) is 0 Å². The molecule has 1 aromatic rings. The van der Waals surface area contributed by atoms with Crippen LogP contribution in [0.5, 0.6) is 0 Å². The highest BCUT2D eigenvalue weighted by molar-refractivity contribution is 7.80. The van der Waals surface area contributed by atoms with Crippen LogP contribution in [-0.2, 0) is 0 Å². The number of aliphatic hydroxyl groups is 2. The first kappa shape index (κ1) is 14.9. The maximum atomic E-state index is 11.0. The number of hydrogen-bond acceptors (Lipinski definition) is 5. The van der Waals surface area contributed by atoms with Gasteiger partial charge in [0, 0.05) is 6.07 Å². The second-order valence-electron chi connectivity index (χ2n) is 4.30. The Balaban J connectivity index is 3.25. The Morgan fingerprint density at radius 1 is 1.39 bits per heavy atom. The molecule has 0 heterocycles. The lowest BCUT2D eigenvalue weighted by Gasteiger charge is -2.19. The molecule has 1 rings (SSSR count). The monoisotopic (exact) mass is 271 g/mol. The van der Waals surface area contributed by atoms with E-state index in [1.54, 1.807) is 19.9 Å². The standard InChI is InChI=1S/C12H17NO4S/c1-7-5-8(2)11(9(6-7)13(16)17)12(15)10(14)3-4-18/h5-6,10,12,14-15,18H,3-4H2,1-2H3. The van der Waals surface area contributed by atoms with Crippen molar-refractivity contribution in [3.8, 4) is 0 Å². The second-order valence-corrected chi connectivity index (χ2v) is 4.74. The lowest BCUT2D eigenvalue weighted by molar-refractivity contribution is -0.386. The average molecular weight is 271 g/mol. The van der Waals surface area contributed by atoms with Gasteiger partial charge in [-0.05, 0) is 37.1 Å². The van der Waals surface area contributed by atoms with E-state index in [1.807, 2.05) is 0 Å². The van der Waals surface area contributed by atoms with Crippen molar-refractivity contribution in [1.29, 1.82) is 0 Å². The zero-order valence-electron chi connectivity index (χ0n) is 10.3. The van der Waals surface area contributed by atoms with Crippen molar-refractivity contribution in [3.05, 3.63) is 38.9 Å². The van der Waals surface area contributed by atoms with Crippen LogP contribution in [0.25, 0.3) is 0 Å². The molecule has 0 aromatic heterocycles. The van der Waals surface area contributed by atoms with Crippen molar-refractivity contribution in [2.24, 2.45) is 0 Å². The average Bonchev–Trinajstić information content (AvgIpc) is 2.27. The quantitative estimate of drug-likeness (QED) is 0.434. The Morgan fingerprint density at radius 2 is 2.00 bits per heavy atom. The van der Waals surface area contributed by atoms with Gasteiger partial charge in [-0.1, -0.05) is 6.07 Å². The van der Waals surface area contributed by atoms with Gasteiger partial charge in [0.25, 0.3) is 5.69 Å². The summed E-state index contributed by atoms with van der Waals surface area (Å²) in [5, 5.41) is 30.8. The fourth-order valence-electron chi connectivity index (χ4n) is 1.97. The minimum absolute atomic E-state index is 0.154. The third-order valence-corrected chi connectivity index (χ3v) is 3.05. The molecular weight excluding hydrogens is 254 g/mol. The number of hydrogen-bond donors (Lipinski definition) is 3. The number of benzene rings is 1. The largest absolute Gasteiger partial charge is 0.390 e. The Labute approximate surface area is 111 Å². The summed E-state index contributed by atoms with van der Waals surface area (Å²) in [5.74, 6) is 0.400. The van der Waals surface area contributed by atoms with E-state index in [2.05, 4.69) is 12.6 Å². The third-order valence-electron chi connectivity index (χ3n) is 2.79. The van der Waals surface area contributed by atoms with E-state index >= 15 is 0 Å². The summed E-state index contributed by atoms with van der Waals surface area (Å²) in [7, 11) is 0. The van der Waals surface area contributed by atoms with Crippen LogP contribution >= 0.6 is 12.6 Å². The van der Waals surface area contributed by atoms with E-state index in [1.165, 1.54) is 6.07 Å². The molecule has 5 nitrogen and oxygen atoms in total. The zero-order valence-corrected chi connectivity index (χ0v) is 11.2. The molecule has 0 saturated carbocycles. The van der Waals surface area contributed by atoms with Crippen LogP contribution in [0.2, 0.25) is 0 Å². The summed E-state index contributed by atoms with van der Waals surface area (Å²) in [6.45, 7) is 3.44. The number of aryl methyl sites for hydroxylation is 2. The van der Waals surface area contributed by atoms with Crippen LogP contribution in [0.4, 0.5) is 5.69 Å². The number of aliphatic hydroxyl groups excluding tert-OH is 2. The lowest BCUT2D eigenvalue weighted by Crippen LogP contribution is -2.20. The van der Waals surface area contributed by atoms with Gasteiger partial charge in [0.15, 0.2) is 0 Å². The van der Waals surface area contributed by atoms with Crippen molar-refractivity contribution >= 4 is 18.3 Å². The Morgan fingerprint density at radius 3 is 2.50 bits per heavy atom. The first-order chi connectivity index (χ1) is 8.38. The number of thiol groups is 1.